The van der Waals surface area contributed by atoms with Crippen molar-refractivity contribution in [3.63, 3.8) is 0 Å². The molecule has 0 saturated carbocycles. The zero-order valence-corrected chi connectivity index (χ0v) is 5.69. The number of allylic oxidation sites excluding steroid dienone is 3. The van der Waals surface area contributed by atoms with Gasteiger partial charge < -0.3 is 0 Å². The fourth-order valence-corrected chi connectivity index (χ4v) is 0.320. The largest absolute Gasteiger partial charge is 0.269 e. The smallest absolute Gasteiger partial charge is 0.143 e. The summed E-state index contributed by atoms with van der Waals surface area (Å²) < 4.78 is 12.5. The molecule has 0 radical (unpaired) electrons. The van der Waals surface area contributed by atoms with E-state index in [0.29, 0.717) is 5.57 Å². The molecule has 0 aliphatic rings. The number of rotatable bonds is 2. The zero-order valence-electron chi connectivity index (χ0n) is 5.69. The van der Waals surface area contributed by atoms with Gasteiger partial charge in [-0.2, -0.15) is 0 Å². The molecule has 0 aliphatic carbocycles. The number of hydrogen-bond donors (Lipinski definition) is 0. The van der Waals surface area contributed by atoms with Gasteiger partial charge in [0.05, 0.1) is 6.20 Å². The Morgan fingerprint density at radius 2 is 2.22 bits per heavy atom. The minimum absolute atomic E-state index is 0.326. The molecule has 0 aromatic heterocycles. The minimum Gasteiger partial charge on any atom is -0.269 e. The van der Waals surface area contributed by atoms with Crippen LogP contribution >= 0.6 is 0 Å². The van der Waals surface area contributed by atoms with Crippen molar-refractivity contribution in [2.45, 2.75) is 13.8 Å². The lowest BCUT2D eigenvalue weighted by Crippen LogP contribution is -1.73. The second-order valence-corrected chi connectivity index (χ2v) is 1.63. The van der Waals surface area contributed by atoms with E-state index in [2.05, 4.69) is 11.7 Å². The lowest BCUT2D eigenvalue weighted by atomic mass is 10.3. The molecule has 0 unspecified atom stereocenters. The second kappa shape index (κ2) is 4.01. The van der Waals surface area contributed by atoms with E-state index in [-0.39, 0.29) is 5.83 Å². The normalized spacial score (nSPS) is 13.7. The second-order valence-electron chi connectivity index (χ2n) is 1.63. The summed E-state index contributed by atoms with van der Waals surface area (Å²) in [6.07, 6.45) is 2.77. The van der Waals surface area contributed by atoms with E-state index in [1.807, 2.05) is 0 Å². The zero-order chi connectivity index (χ0) is 7.28. The minimum atomic E-state index is -0.326. The Kier molecular flexibility index (Phi) is 3.60. The highest BCUT2D eigenvalue weighted by Crippen LogP contribution is 2.08. The average Bonchev–Trinajstić information content (AvgIpc) is 1.87. The number of hydrogen-bond acceptors (Lipinski definition) is 1. The Labute approximate surface area is 54.6 Å². The number of nitrogens with zero attached hydrogens (tertiary/aromatic N) is 1. The molecule has 0 rings (SSSR count). The highest BCUT2D eigenvalue weighted by atomic mass is 19.1. The van der Waals surface area contributed by atoms with E-state index in [4.69, 9.17) is 0 Å². The van der Waals surface area contributed by atoms with Crippen LogP contribution in [0.4, 0.5) is 4.39 Å². The van der Waals surface area contributed by atoms with Crippen LogP contribution in [0.1, 0.15) is 13.8 Å². The molecule has 50 valence electrons. The first-order valence-electron chi connectivity index (χ1n) is 2.67. The van der Waals surface area contributed by atoms with Gasteiger partial charge in [0.1, 0.15) is 5.83 Å². The van der Waals surface area contributed by atoms with Gasteiger partial charge in [-0.3, -0.25) is 4.99 Å². The molecule has 1 nitrogen and oxygen atoms in total. The first kappa shape index (κ1) is 8.08. The fourth-order valence-electron chi connectivity index (χ4n) is 0.320. The highest BCUT2D eigenvalue weighted by molar-refractivity contribution is 5.29. The SMILES string of the molecule is C=N/C=C(F)\C(C)=C/C. The van der Waals surface area contributed by atoms with Gasteiger partial charge in [-0.1, -0.05) is 6.08 Å². The summed E-state index contributed by atoms with van der Waals surface area (Å²) in [6.45, 7) is 6.57. The molecule has 0 spiro atoms. The maximum Gasteiger partial charge on any atom is 0.143 e. The predicted molar refractivity (Wildman–Crippen MR) is 38.2 cm³/mol. The van der Waals surface area contributed by atoms with Crippen molar-refractivity contribution in [1.82, 2.24) is 0 Å². The van der Waals surface area contributed by atoms with Gasteiger partial charge in [-0.05, 0) is 26.1 Å². The summed E-state index contributed by atoms with van der Waals surface area (Å²) in [4.78, 5) is 3.28. The van der Waals surface area contributed by atoms with E-state index in [1.165, 1.54) is 0 Å². The third-order valence-corrected chi connectivity index (χ3v) is 1.01. The molecule has 2 heteroatoms. The number of halogens is 1. The molecule has 0 fully saturated rings. The molecule has 9 heavy (non-hydrogen) atoms. The molecule has 0 amide bonds. The Morgan fingerprint density at radius 1 is 1.67 bits per heavy atom. The van der Waals surface area contributed by atoms with Gasteiger partial charge in [0, 0.05) is 0 Å². The maximum atomic E-state index is 12.5. The van der Waals surface area contributed by atoms with E-state index in [9.17, 15) is 4.39 Å². The third kappa shape index (κ3) is 2.80. The van der Waals surface area contributed by atoms with E-state index >= 15 is 0 Å². The molecule has 0 aromatic rings. The standard InChI is InChI=1S/C7H10FN/c1-4-6(2)7(8)5-9-3/h4-5H,3H2,1-2H3/b6-4-,7-5+. The molecule has 0 atom stereocenters. The van der Waals surface area contributed by atoms with Crippen molar-refractivity contribution in [2.75, 3.05) is 0 Å². The summed E-state index contributed by atoms with van der Waals surface area (Å²) in [5.41, 5.74) is 0.586. The van der Waals surface area contributed by atoms with Crippen molar-refractivity contribution in [1.29, 1.82) is 0 Å². The molecular weight excluding hydrogens is 117 g/mol. The first-order chi connectivity index (χ1) is 4.22. The summed E-state index contributed by atoms with van der Waals surface area (Å²) in [5.74, 6) is -0.326. The maximum absolute atomic E-state index is 12.5. The van der Waals surface area contributed by atoms with Gasteiger partial charge in [0.15, 0.2) is 0 Å². The van der Waals surface area contributed by atoms with Crippen molar-refractivity contribution in [3.8, 4) is 0 Å². The van der Waals surface area contributed by atoms with Crippen LogP contribution in [0.3, 0.4) is 0 Å². The van der Waals surface area contributed by atoms with Crippen LogP contribution < -0.4 is 0 Å². The van der Waals surface area contributed by atoms with Crippen LogP contribution in [0.2, 0.25) is 0 Å². The topological polar surface area (TPSA) is 12.4 Å². The molecule has 0 aliphatic heterocycles. The molecule has 0 bridgehead atoms. The summed E-state index contributed by atoms with van der Waals surface area (Å²) >= 11 is 0. The van der Waals surface area contributed by atoms with Gasteiger partial charge in [0.25, 0.3) is 0 Å². The van der Waals surface area contributed by atoms with Gasteiger partial charge in [0.2, 0.25) is 0 Å². The van der Waals surface area contributed by atoms with Crippen molar-refractivity contribution in [3.05, 3.63) is 23.7 Å². The van der Waals surface area contributed by atoms with Crippen molar-refractivity contribution < 1.29 is 4.39 Å². The third-order valence-electron chi connectivity index (χ3n) is 1.01. The van der Waals surface area contributed by atoms with Gasteiger partial charge >= 0.3 is 0 Å². The van der Waals surface area contributed by atoms with E-state index in [1.54, 1.807) is 19.9 Å². The van der Waals surface area contributed by atoms with Crippen LogP contribution in [0.25, 0.3) is 0 Å². The van der Waals surface area contributed by atoms with E-state index in [0.717, 1.165) is 6.20 Å². The van der Waals surface area contributed by atoms with Crippen LogP contribution in [0.15, 0.2) is 28.7 Å². The van der Waals surface area contributed by atoms with Crippen LogP contribution in [-0.4, -0.2) is 6.72 Å². The van der Waals surface area contributed by atoms with Crippen molar-refractivity contribution >= 4 is 6.72 Å². The molecule has 0 aromatic carbocycles. The highest BCUT2D eigenvalue weighted by Gasteiger charge is 1.92. The first-order valence-corrected chi connectivity index (χ1v) is 2.67. The Morgan fingerprint density at radius 3 is 2.56 bits per heavy atom. The molecule has 0 heterocycles. The van der Waals surface area contributed by atoms with Crippen LogP contribution in [-0.2, 0) is 0 Å². The Hall–Kier alpha value is -0.920. The predicted octanol–water partition coefficient (Wildman–Crippen LogP) is 2.46. The van der Waals surface area contributed by atoms with Gasteiger partial charge in [-0.15, -0.1) is 0 Å². The summed E-state index contributed by atoms with van der Waals surface area (Å²) in [6, 6.07) is 0. The van der Waals surface area contributed by atoms with Gasteiger partial charge in [-0.25, -0.2) is 4.39 Å². The molecule has 0 N–H and O–H groups in total. The Bertz CT molecular complexity index is 156. The van der Waals surface area contributed by atoms with Crippen LogP contribution in [0.5, 0.6) is 0 Å². The van der Waals surface area contributed by atoms with Crippen LogP contribution in [0, 0.1) is 0 Å². The fraction of sp³-hybridized carbons (Fsp3) is 0.286. The summed E-state index contributed by atoms with van der Waals surface area (Å²) in [7, 11) is 0. The molecular formula is C7H10FN. The lowest BCUT2D eigenvalue weighted by Gasteiger charge is -1.90. The summed E-state index contributed by atoms with van der Waals surface area (Å²) in [5, 5.41) is 0. The monoisotopic (exact) mass is 127 g/mol. The quantitative estimate of drug-likeness (QED) is 0.399. The average molecular weight is 127 g/mol. The van der Waals surface area contributed by atoms with E-state index < -0.39 is 0 Å². The molecule has 0 saturated heterocycles. The lowest BCUT2D eigenvalue weighted by molar-refractivity contribution is 0.648. The van der Waals surface area contributed by atoms with Crippen molar-refractivity contribution in [2.24, 2.45) is 4.99 Å². The Balaban J connectivity index is 4.19. The number of aliphatic imine (C=N–C) groups is 1.